The number of hydrogen-bond acceptors (Lipinski definition) is 6. The summed E-state index contributed by atoms with van der Waals surface area (Å²) in [5.74, 6) is -1.66. The molecule has 2 N–H and O–H groups in total. The van der Waals surface area contributed by atoms with Gasteiger partial charge in [0.15, 0.2) is 12.2 Å². The molecule has 0 spiro atoms. The van der Waals surface area contributed by atoms with Crippen LogP contribution in [0.5, 0.6) is 0 Å². The van der Waals surface area contributed by atoms with Gasteiger partial charge in [-0.1, -0.05) is 11.6 Å². The highest BCUT2D eigenvalue weighted by Crippen LogP contribution is 2.27. The topological polar surface area (TPSA) is 119 Å². The number of ether oxygens (including phenoxy) is 1. The molecule has 9 heteroatoms. The number of aliphatic hydroxyl groups is 1. The number of nitrogens with zero attached hydrogens (tertiary/aromatic N) is 1. The van der Waals surface area contributed by atoms with E-state index in [0.29, 0.717) is 0 Å². The summed E-state index contributed by atoms with van der Waals surface area (Å²) in [4.78, 5) is 32.8. The van der Waals surface area contributed by atoms with Crippen molar-refractivity contribution in [3.63, 3.8) is 0 Å². The van der Waals surface area contributed by atoms with Gasteiger partial charge in [0.1, 0.15) is 5.02 Å². The van der Waals surface area contributed by atoms with Gasteiger partial charge in [-0.3, -0.25) is 14.9 Å². The van der Waals surface area contributed by atoms with E-state index in [9.17, 15) is 24.8 Å². The fourth-order valence-electron chi connectivity index (χ4n) is 1.24. The third-order valence-corrected chi connectivity index (χ3v) is 2.58. The Kier molecular flexibility index (Phi) is 5.23. The van der Waals surface area contributed by atoms with Crippen molar-refractivity contribution in [1.82, 2.24) is 0 Å². The second kappa shape index (κ2) is 6.51. The maximum absolute atomic E-state index is 11.5. The van der Waals surface area contributed by atoms with Gasteiger partial charge in [-0.2, -0.15) is 0 Å². The van der Waals surface area contributed by atoms with E-state index >= 15 is 0 Å². The van der Waals surface area contributed by atoms with Crippen LogP contribution in [-0.4, -0.2) is 34.1 Å². The lowest BCUT2D eigenvalue weighted by Gasteiger charge is -2.15. The number of anilines is 1. The van der Waals surface area contributed by atoms with Gasteiger partial charge in [0.05, 0.1) is 4.92 Å². The van der Waals surface area contributed by atoms with E-state index < -0.39 is 29.0 Å². The fourth-order valence-corrected chi connectivity index (χ4v) is 1.42. The minimum absolute atomic E-state index is 0.0635. The van der Waals surface area contributed by atoms with Crippen LogP contribution in [0.3, 0.4) is 0 Å². The maximum Gasteiger partial charge on any atom is 0.338 e. The molecule has 0 fully saturated rings. The van der Waals surface area contributed by atoms with Crippen molar-refractivity contribution in [1.29, 1.82) is 0 Å². The lowest BCUT2D eigenvalue weighted by Crippen LogP contribution is -2.35. The molecule has 21 heavy (non-hydrogen) atoms. The summed E-state index contributed by atoms with van der Waals surface area (Å²) in [7, 11) is 0. The van der Waals surface area contributed by atoms with Crippen molar-refractivity contribution in [2.75, 3.05) is 11.9 Å². The minimum atomic E-state index is -1.71. The number of amides is 1. The summed E-state index contributed by atoms with van der Waals surface area (Å²) in [5.41, 5.74) is -1.93. The summed E-state index contributed by atoms with van der Waals surface area (Å²) >= 11 is 5.63. The third-order valence-electron chi connectivity index (χ3n) is 2.26. The molecule has 0 aliphatic carbocycles. The second-order valence-corrected chi connectivity index (χ2v) is 5.01. The van der Waals surface area contributed by atoms with Crippen molar-refractivity contribution in [3.8, 4) is 0 Å². The quantitative estimate of drug-likeness (QED) is 0.482. The Balaban J connectivity index is 2.66. The highest BCUT2D eigenvalue weighted by atomic mass is 35.5. The van der Waals surface area contributed by atoms with E-state index in [1.807, 2.05) is 0 Å². The van der Waals surface area contributed by atoms with E-state index in [2.05, 4.69) is 10.1 Å². The monoisotopic (exact) mass is 316 g/mol. The molecule has 0 saturated heterocycles. The smallest absolute Gasteiger partial charge is 0.338 e. The molecule has 1 amide bonds. The lowest BCUT2D eigenvalue weighted by atomic mass is 10.1. The molecule has 114 valence electrons. The zero-order valence-electron chi connectivity index (χ0n) is 11.3. The van der Waals surface area contributed by atoms with Crippen LogP contribution in [0, 0.1) is 10.1 Å². The van der Waals surface area contributed by atoms with E-state index in [0.717, 1.165) is 6.07 Å². The second-order valence-electron chi connectivity index (χ2n) is 4.61. The molecule has 0 bridgehead atoms. The largest absolute Gasteiger partial charge is 0.453 e. The van der Waals surface area contributed by atoms with Gasteiger partial charge in [0.2, 0.25) is 0 Å². The van der Waals surface area contributed by atoms with E-state index in [4.69, 9.17) is 11.6 Å². The highest BCUT2D eigenvalue weighted by molar-refractivity contribution is 6.32. The Morgan fingerprint density at radius 3 is 2.62 bits per heavy atom. The normalized spacial score (nSPS) is 10.9. The number of nitro groups is 1. The van der Waals surface area contributed by atoms with Crippen LogP contribution >= 0.6 is 11.6 Å². The molecule has 0 radical (unpaired) electrons. The van der Waals surface area contributed by atoms with Crippen LogP contribution in [0.1, 0.15) is 13.8 Å². The number of carbonyl (C=O) groups is 2. The van der Waals surface area contributed by atoms with Gasteiger partial charge in [-0.05, 0) is 26.0 Å². The van der Waals surface area contributed by atoms with Gasteiger partial charge in [0, 0.05) is 11.8 Å². The Labute approximate surface area is 124 Å². The number of nitrogens with one attached hydrogen (secondary N) is 1. The number of hydrogen-bond donors (Lipinski definition) is 2. The first-order valence-corrected chi connectivity index (χ1v) is 6.12. The predicted molar refractivity (Wildman–Crippen MR) is 74.0 cm³/mol. The number of esters is 1. The third kappa shape index (κ3) is 5.01. The summed E-state index contributed by atoms with van der Waals surface area (Å²) in [6.45, 7) is 1.81. The van der Waals surface area contributed by atoms with Crippen molar-refractivity contribution >= 4 is 34.9 Å². The molecule has 1 aromatic rings. The van der Waals surface area contributed by atoms with E-state index in [1.165, 1.54) is 26.0 Å². The van der Waals surface area contributed by atoms with E-state index in [1.54, 1.807) is 0 Å². The van der Waals surface area contributed by atoms with Gasteiger partial charge < -0.3 is 15.2 Å². The molecule has 0 aliphatic heterocycles. The highest BCUT2D eigenvalue weighted by Gasteiger charge is 2.26. The predicted octanol–water partition coefficient (Wildman–Crippen LogP) is 1.50. The van der Waals surface area contributed by atoms with E-state index in [-0.39, 0.29) is 16.4 Å². The molecule has 0 aromatic heterocycles. The molecule has 0 saturated carbocycles. The SMILES string of the molecule is CC(C)(O)C(=O)OCC(=O)Nc1ccc(Cl)c([N+](=O)[O-])c1. The Hall–Kier alpha value is -2.19. The Morgan fingerprint density at radius 1 is 1.48 bits per heavy atom. The van der Waals surface area contributed by atoms with Crippen LogP contribution < -0.4 is 5.32 Å². The molecule has 8 nitrogen and oxygen atoms in total. The number of nitro benzene ring substituents is 1. The van der Waals surface area contributed by atoms with Crippen molar-refractivity contribution in [3.05, 3.63) is 33.3 Å². The lowest BCUT2D eigenvalue weighted by molar-refractivity contribution is -0.384. The number of rotatable bonds is 5. The zero-order valence-corrected chi connectivity index (χ0v) is 12.0. The average Bonchev–Trinajstić information content (AvgIpc) is 2.36. The van der Waals surface area contributed by atoms with Gasteiger partial charge >= 0.3 is 5.97 Å². The molecule has 0 unspecified atom stereocenters. The van der Waals surface area contributed by atoms with Gasteiger partial charge in [-0.15, -0.1) is 0 Å². The molecule has 1 aromatic carbocycles. The number of carbonyl (C=O) groups excluding carboxylic acids is 2. The zero-order chi connectivity index (χ0) is 16.2. The number of halogens is 1. The summed E-state index contributed by atoms with van der Waals surface area (Å²) in [6, 6.07) is 3.71. The van der Waals surface area contributed by atoms with Crippen LogP contribution in [0.25, 0.3) is 0 Å². The molecule has 1 rings (SSSR count). The summed E-state index contributed by atoms with van der Waals surface area (Å²) in [5, 5.41) is 22.3. The van der Waals surface area contributed by atoms with Gasteiger partial charge in [0.25, 0.3) is 11.6 Å². The standard InChI is InChI=1S/C12H13ClN2O6/c1-12(2,18)11(17)21-6-10(16)14-7-3-4-8(13)9(5-7)15(19)20/h3-5,18H,6H2,1-2H3,(H,14,16). The van der Waals surface area contributed by atoms with Crippen LogP contribution in [0.2, 0.25) is 5.02 Å². The minimum Gasteiger partial charge on any atom is -0.453 e. The molecule has 0 heterocycles. The van der Waals surface area contributed by atoms with Crippen LogP contribution in [0.4, 0.5) is 11.4 Å². The van der Waals surface area contributed by atoms with Crippen LogP contribution in [0.15, 0.2) is 18.2 Å². The molecular formula is C12H13ClN2O6. The molecular weight excluding hydrogens is 304 g/mol. The van der Waals surface area contributed by atoms with Crippen molar-refractivity contribution < 1.29 is 24.4 Å². The Bertz CT molecular complexity index is 582. The first kappa shape index (κ1) is 16.9. The number of benzene rings is 1. The molecule has 0 atom stereocenters. The summed E-state index contributed by atoms with van der Waals surface area (Å²) < 4.78 is 4.58. The average molecular weight is 317 g/mol. The molecule has 0 aliphatic rings. The van der Waals surface area contributed by atoms with Crippen LogP contribution in [-0.2, 0) is 14.3 Å². The first-order valence-electron chi connectivity index (χ1n) is 5.74. The Morgan fingerprint density at radius 2 is 2.10 bits per heavy atom. The van der Waals surface area contributed by atoms with Gasteiger partial charge in [-0.25, -0.2) is 4.79 Å². The van der Waals surface area contributed by atoms with Crippen molar-refractivity contribution in [2.24, 2.45) is 0 Å². The maximum atomic E-state index is 11.5. The summed E-state index contributed by atoms with van der Waals surface area (Å²) in [6.07, 6.45) is 0. The first-order chi connectivity index (χ1) is 9.61. The van der Waals surface area contributed by atoms with Crippen molar-refractivity contribution in [2.45, 2.75) is 19.4 Å². The fraction of sp³-hybridized carbons (Fsp3) is 0.333.